The second-order valence-electron chi connectivity index (χ2n) is 6.45. The summed E-state index contributed by atoms with van der Waals surface area (Å²) in [5.74, 6) is 1.06. The van der Waals surface area contributed by atoms with Gasteiger partial charge < -0.3 is 19.7 Å². The van der Waals surface area contributed by atoms with Crippen LogP contribution in [0, 0.1) is 5.92 Å². The standard InChI is InChI=1S/C19H22ClN3O4S/c1-26-15-4-3-12(7-16(15)27-2)5-6-23-10-13(8-17(23)24)18(25)22-19-21-14(9-20)11-28-19/h3-4,7,11,13H,5-6,8-10H2,1-2H3,(H,21,22,25). The molecular weight excluding hydrogens is 402 g/mol. The van der Waals surface area contributed by atoms with Gasteiger partial charge in [0.2, 0.25) is 11.8 Å². The lowest BCUT2D eigenvalue weighted by atomic mass is 10.1. The van der Waals surface area contributed by atoms with E-state index in [1.165, 1.54) is 11.3 Å². The van der Waals surface area contributed by atoms with Crippen molar-refractivity contribution in [3.8, 4) is 11.5 Å². The lowest BCUT2D eigenvalue weighted by Crippen LogP contribution is -2.30. The van der Waals surface area contributed by atoms with E-state index in [0.29, 0.717) is 42.0 Å². The number of nitrogens with one attached hydrogen (secondary N) is 1. The molecule has 1 unspecified atom stereocenters. The van der Waals surface area contributed by atoms with Crippen molar-refractivity contribution in [2.24, 2.45) is 5.92 Å². The predicted molar refractivity (Wildman–Crippen MR) is 108 cm³/mol. The number of likely N-dealkylation sites (tertiary alicyclic amines) is 1. The van der Waals surface area contributed by atoms with Gasteiger partial charge in [-0.2, -0.15) is 0 Å². The number of ether oxygens (including phenoxy) is 2. The summed E-state index contributed by atoms with van der Waals surface area (Å²) in [6.45, 7) is 0.956. The number of rotatable bonds is 8. The number of benzene rings is 1. The Morgan fingerprint density at radius 1 is 1.36 bits per heavy atom. The first-order valence-electron chi connectivity index (χ1n) is 8.84. The van der Waals surface area contributed by atoms with E-state index in [0.717, 1.165) is 11.3 Å². The molecule has 1 saturated heterocycles. The molecule has 150 valence electrons. The van der Waals surface area contributed by atoms with Crippen LogP contribution in [-0.4, -0.2) is 49.0 Å². The summed E-state index contributed by atoms with van der Waals surface area (Å²) in [6, 6.07) is 5.70. The summed E-state index contributed by atoms with van der Waals surface area (Å²) in [4.78, 5) is 30.7. The minimum absolute atomic E-state index is 0.0128. The fourth-order valence-electron chi connectivity index (χ4n) is 3.10. The van der Waals surface area contributed by atoms with Crippen LogP contribution in [0.25, 0.3) is 0 Å². The van der Waals surface area contributed by atoms with Crippen LogP contribution in [0.1, 0.15) is 17.7 Å². The molecule has 1 fully saturated rings. The number of halogens is 1. The van der Waals surface area contributed by atoms with Crippen molar-refractivity contribution in [1.29, 1.82) is 0 Å². The Kier molecular flexibility index (Phi) is 6.74. The van der Waals surface area contributed by atoms with Crippen LogP contribution in [0.4, 0.5) is 5.13 Å². The van der Waals surface area contributed by atoms with Crippen LogP contribution in [0.15, 0.2) is 23.6 Å². The first-order chi connectivity index (χ1) is 13.5. The Bertz CT molecular complexity index is 857. The van der Waals surface area contributed by atoms with E-state index < -0.39 is 0 Å². The Hall–Kier alpha value is -2.32. The van der Waals surface area contributed by atoms with Crippen molar-refractivity contribution in [3.63, 3.8) is 0 Å². The smallest absolute Gasteiger partial charge is 0.231 e. The molecule has 7 nitrogen and oxygen atoms in total. The Labute approximate surface area is 172 Å². The maximum Gasteiger partial charge on any atom is 0.231 e. The minimum Gasteiger partial charge on any atom is -0.493 e. The Balaban J connectivity index is 1.55. The van der Waals surface area contributed by atoms with Crippen molar-refractivity contribution in [2.75, 3.05) is 32.6 Å². The van der Waals surface area contributed by atoms with Gasteiger partial charge in [0.1, 0.15) is 0 Å². The fourth-order valence-corrected chi connectivity index (χ4v) is 4.04. The molecule has 0 saturated carbocycles. The number of hydrogen-bond acceptors (Lipinski definition) is 6. The molecule has 0 spiro atoms. The monoisotopic (exact) mass is 423 g/mol. The van der Waals surface area contributed by atoms with Crippen molar-refractivity contribution >= 4 is 39.9 Å². The van der Waals surface area contributed by atoms with Crippen LogP contribution in [0.2, 0.25) is 0 Å². The highest BCUT2D eigenvalue weighted by Crippen LogP contribution is 2.28. The van der Waals surface area contributed by atoms with Crippen LogP contribution in [0.5, 0.6) is 11.5 Å². The number of carbonyl (C=O) groups excluding carboxylic acids is 2. The molecule has 28 heavy (non-hydrogen) atoms. The van der Waals surface area contributed by atoms with Crippen LogP contribution in [-0.2, 0) is 21.9 Å². The second kappa shape index (κ2) is 9.25. The summed E-state index contributed by atoms with van der Waals surface area (Å²) in [6.07, 6.45) is 0.886. The zero-order valence-corrected chi connectivity index (χ0v) is 17.3. The number of thiazole rings is 1. The lowest BCUT2D eigenvalue weighted by Gasteiger charge is -2.17. The summed E-state index contributed by atoms with van der Waals surface area (Å²) >= 11 is 7.06. The third-order valence-electron chi connectivity index (χ3n) is 4.62. The first kappa shape index (κ1) is 20.4. The molecule has 0 aliphatic carbocycles. The number of carbonyl (C=O) groups is 2. The quantitative estimate of drug-likeness (QED) is 0.660. The van der Waals surface area contributed by atoms with Crippen LogP contribution < -0.4 is 14.8 Å². The molecule has 1 atom stereocenters. The number of nitrogens with zero attached hydrogens (tertiary/aromatic N) is 2. The van der Waals surface area contributed by atoms with E-state index >= 15 is 0 Å². The van der Waals surface area contributed by atoms with Gasteiger partial charge in [-0.3, -0.25) is 9.59 Å². The maximum absolute atomic E-state index is 12.4. The molecule has 3 rings (SSSR count). The van der Waals surface area contributed by atoms with Crippen molar-refractivity contribution in [3.05, 3.63) is 34.8 Å². The van der Waals surface area contributed by atoms with Gasteiger partial charge in [0, 0.05) is 24.9 Å². The molecule has 1 N–H and O–H groups in total. The van der Waals surface area contributed by atoms with Gasteiger partial charge in [-0.1, -0.05) is 6.07 Å². The van der Waals surface area contributed by atoms with Gasteiger partial charge in [0.05, 0.1) is 31.7 Å². The number of aromatic nitrogens is 1. The second-order valence-corrected chi connectivity index (χ2v) is 7.57. The van der Waals surface area contributed by atoms with Crippen molar-refractivity contribution in [1.82, 2.24) is 9.88 Å². The molecule has 1 aliphatic heterocycles. The van der Waals surface area contributed by atoms with E-state index in [1.807, 2.05) is 18.2 Å². The largest absolute Gasteiger partial charge is 0.493 e. The molecule has 1 aliphatic rings. The number of hydrogen-bond donors (Lipinski definition) is 1. The Morgan fingerprint density at radius 3 is 2.82 bits per heavy atom. The van der Waals surface area contributed by atoms with Gasteiger partial charge in [-0.15, -0.1) is 22.9 Å². The number of alkyl halides is 1. The van der Waals surface area contributed by atoms with Crippen molar-refractivity contribution < 1.29 is 19.1 Å². The summed E-state index contributed by atoms with van der Waals surface area (Å²) < 4.78 is 10.6. The van der Waals surface area contributed by atoms with E-state index in [9.17, 15) is 9.59 Å². The summed E-state index contributed by atoms with van der Waals surface area (Å²) in [5, 5.41) is 5.10. The van der Waals surface area contributed by atoms with Gasteiger partial charge in [-0.25, -0.2) is 4.98 Å². The third kappa shape index (κ3) is 4.74. The molecule has 0 bridgehead atoms. The zero-order valence-electron chi connectivity index (χ0n) is 15.7. The average molecular weight is 424 g/mol. The normalized spacial score (nSPS) is 16.3. The van der Waals surface area contributed by atoms with E-state index in [4.69, 9.17) is 21.1 Å². The van der Waals surface area contributed by atoms with Gasteiger partial charge in [-0.05, 0) is 24.1 Å². The predicted octanol–water partition coefficient (Wildman–Crippen LogP) is 2.93. The summed E-state index contributed by atoms with van der Waals surface area (Å²) in [5.41, 5.74) is 1.76. The number of amides is 2. The topological polar surface area (TPSA) is 80.8 Å². The average Bonchev–Trinajstić information content (AvgIpc) is 3.32. The number of anilines is 1. The van der Waals surface area contributed by atoms with Gasteiger partial charge in [0.25, 0.3) is 0 Å². The first-order valence-corrected chi connectivity index (χ1v) is 10.3. The minimum atomic E-state index is -0.374. The van der Waals surface area contributed by atoms with E-state index in [2.05, 4.69) is 10.3 Å². The number of methoxy groups -OCH3 is 2. The third-order valence-corrected chi connectivity index (χ3v) is 5.70. The molecule has 9 heteroatoms. The van der Waals surface area contributed by atoms with Gasteiger partial charge >= 0.3 is 0 Å². The lowest BCUT2D eigenvalue weighted by molar-refractivity contribution is -0.128. The van der Waals surface area contributed by atoms with Crippen LogP contribution in [0.3, 0.4) is 0 Å². The SMILES string of the molecule is COc1ccc(CCN2CC(C(=O)Nc3nc(CCl)cs3)CC2=O)cc1OC. The highest BCUT2D eigenvalue weighted by Gasteiger charge is 2.34. The molecule has 2 heterocycles. The zero-order chi connectivity index (χ0) is 20.1. The maximum atomic E-state index is 12.4. The highest BCUT2D eigenvalue weighted by molar-refractivity contribution is 7.14. The van der Waals surface area contributed by atoms with Gasteiger partial charge in [0.15, 0.2) is 16.6 Å². The molecule has 0 radical (unpaired) electrons. The highest BCUT2D eigenvalue weighted by atomic mass is 35.5. The molecule has 2 aromatic rings. The Morgan fingerprint density at radius 2 is 2.14 bits per heavy atom. The van der Waals surface area contributed by atoms with E-state index in [-0.39, 0.29) is 24.2 Å². The fraction of sp³-hybridized carbons (Fsp3) is 0.421. The van der Waals surface area contributed by atoms with Crippen molar-refractivity contribution in [2.45, 2.75) is 18.7 Å². The molecule has 1 aromatic heterocycles. The molecule has 1 aromatic carbocycles. The summed E-state index contributed by atoms with van der Waals surface area (Å²) in [7, 11) is 3.18. The van der Waals surface area contributed by atoms with E-state index in [1.54, 1.807) is 24.5 Å². The molecular formula is C19H22ClN3O4S. The van der Waals surface area contributed by atoms with Crippen LogP contribution >= 0.6 is 22.9 Å². The molecule has 2 amide bonds.